The molecule has 1 aliphatic carbocycles. The Labute approximate surface area is 142 Å². The fourth-order valence-electron chi connectivity index (χ4n) is 2.08. The lowest BCUT2D eigenvalue weighted by Crippen LogP contribution is -2.41. The summed E-state index contributed by atoms with van der Waals surface area (Å²) in [6, 6.07) is 1.34. The molecule has 0 aliphatic heterocycles. The highest BCUT2D eigenvalue weighted by Crippen LogP contribution is 2.41. The molecule has 5 N–H and O–H groups in total. The van der Waals surface area contributed by atoms with E-state index in [4.69, 9.17) is 11.6 Å². The number of primary amides is 1. The van der Waals surface area contributed by atoms with Gasteiger partial charge >= 0.3 is 0 Å². The van der Waals surface area contributed by atoms with Gasteiger partial charge in [0, 0.05) is 5.92 Å². The maximum atomic E-state index is 11.6. The summed E-state index contributed by atoms with van der Waals surface area (Å²) in [5.74, 6) is 6.07. The van der Waals surface area contributed by atoms with E-state index in [1.54, 1.807) is 6.92 Å². The standard InChI is InChI=1S/C14H17N7O2S/c1-7(6-22)21(16)10-5-17-12(13(15)23)14(18-10)19-11-4-9(20-24-11)8-2-3-8/h4-8H,2-3,16H2,1H3,(H2,15,23)(H,18,19). The third-order valence-electron chi connectivity index (χ3n) is 3.66. The molecule has 2 aromatic rings. The minimum absolute atomic E-state index is 0.00715. The van der Waals surface area contributed by atoms with E-state index in [0.717, 1.165) is 28.5 Å². The average Bonchev–Trinajstić information content (AvgIpc) is 3.33. The fourth-order valence-corrected chi connectivity index (χ4v) is 2.80. The summed E-state index contributed by atoms with van der Waals surface area (Å²) in [6.45, 7) is 1.62. The van der Waals surface area contributed by atoms with E-state index in [2.05, 4.69) is 19.7 Å². The maximum Gasteiger partial charge on any atom is 0.271 e. The molecule has 0 bridgehead atoms. The highest BCUT2D eigenvalue weighted by Gasteiger charge is 2.26. The van der Waals surface area contributed by atoms with Crippen LogP contribution in [0, 0.1) is 0 Å². The van der Waals surface area contributed by atoms with E-state index in [1.807, 2.05) is 6.07 Å². The second-order valence-electron chi connectivity index (χ2n) is 5.59. The Balaban J connectivity index is 1.90. The number of aromatic nitrogens is 3. The third kappa shape index (κ3) is 3.34. The van der Waals surface area contributed by atoms with Gasteiger partial charge in [0.25, 0.3) is 5.91 Å². The summed E-state index contributed by atoms with van der Waals surface area (Å²) in [5.41, 5.74) is 6.37. The second-order valence-corrected chi connectivity index (χ2v) is 6.39. The zero-order valence-corrected chi connectivity index (χ0v) is 13.8. The SMILES string of the molecule is CC(C=O)N(N)c1cnc(C(N)=O)c(Nc2cc(C3CC3)ns2)n1. The van der Waals surface area contributed by atoms with E-state index in [1.165, 1.54) is 17.7 Å². The first-order valence-electron chi connectivity index (χ1n) is 7.39. The largest absolute Gasteiger partial charge is 0.364 e. The molecule has 1 saturated carbocycles. The van der Waals surface area contributed by atoms with E-state index in [-0.39, 0.29) is 17.3 Å². The highest BCUT2D eigenvalue weighted by molar-refractivity contribution is 7.10. The van der Waals surface area contributed by atoms with Crippen molar-refractivity contribution in [3.63, 3.8) is 0 Å². The van der Waals surface area contributed by atoms with Crippen LogP contribution in [0.4, 0.5) is 16.6 Å². The molecule has 0 radical (unpaired) electrons. The van der Waals surface area contributed by atoms with Crippen molar-refractivity contribution in [2.24, 2.45) is 11.6 Å². The van der Waals surface area contributed by atoms with Crippen molar-refractivity contribution in [2.75, 3.05) is 10.3 Å². The van der Waals surface area contributed by atoms with Crippen LogP contribution in [-0.2, 0) is 4.79 Å². The molecule has 0 saturated heterocycles. The molecule has 0 aromatic carbocycles. The number of anilines is 3. The Kier molecular flexibility index (Phi) is 4.40. The fraction of sp³-hybridized carbons (Fsp3) is 0.357. The summed E-state index contributed by atoms with van der Waals surface area (Å²) in [7, 11) is 0. The number of hydrogen-bond donors (Lipinski definition) is 3. The molecule has 1 aliphatic rings. The molecular formula is C14H17N7O2S. The first kappa shape index (κ1) is 16.3. The minimum Gasteiger partial charge on any atom is -0.364 e. The van der Waals surface area contributed by atoms with Crippen LogP contribution in [0.3, 0.4) is 0 Å². The van der Waals surface area contributed by atoms with Gasteiger partial charge in [-0.25, -0.2) is 15.8 Å². The van der Waals surface area contributed by atoms with Crippen molar-refractivity contribution in [3.05, 3.63) is 23.7 Å². The normalized spacial score (nSPS) is 14.9. The molecule has 2 heterocycles. The number of carbonyl (C=O) groups excluding carboxylic acids is 2. The number of nitrogens with two attached hydrogens (primary N) is 2. The molecule has 2 aromatic heterocycles. The van der Waals surface area contributed by atoms with Gasteiger partial charge in [0.15, 0.2) is 17.3 Å². The predicted molar refractivity (Wildman–Crippen MR) is 90.1 cm³/mol. The van der Waals surface area contributed by atoms with Gasteiger partial charge in [0.1, 0.15) is 11.3 Å². The van der Waals surface area contributed by atoms with Gasteiger partial charge in [0.05, 0.1) is 17.9 Å². The lowest BCUT2D eigenvalue weighted by Gasteiger charge is -2.21. The van der Waals surface area contributed by atoms with E-state index < -0.39 is 11.9 Å². The molecule has 1 amide bonds. The number of aldehydes is 1. The zero-order valence-electron chi connectivity index (χ0n) is 13.0. The highest BCUT2D eigenvalue weighted by atomic mass is 32.1. The minimum atomic E-state index is -0.713. The van der Waals surface area contributed by atoms with Crippen molar-refractivity contribution >= 4 is 40.4 Å². The van der Waals surface area contributed by atoms with Gasteiger partial charge < -0.3 is 15.8 Å². The second kappa shape index (κ2) is 6.49. The van der Waals surface area contributed by atoms with Crippen LogP contribution in [0.5, 0.6) is 0 Å². The Morgan fingerprint density at radius 3 is 2.92 bits per heavy atom. The van der Waals surface area contributed by atoms with E-state index in [9.17, 15) is 9.59 Å². The molecule has 10 heteroatoms. The average molecular weight is 347 g/mol. The van der Waals surface area contributed by atoms with Crippen LogP contribution in [0.1, 0.15) is 41.9 Å². The number of carbonyl (C=O) groups is 2. The Morgan fingerprint density at radius 1 is 1.54 bits per heavy atom. The number of nitrogens with zero attached hydrogens (tertiary/aromatic N) is 4. The third-order valence-corrected chi connectivity index (χ3v) is 4.38. The summed E-state index contributed by atoms with van der Waals surface area (Å²) in [5, 5.41) is 4.92. The van der Waals surface area contributed by atoms with Crippen LogP contribution >= 0.6 is 11.5 Å². The number of rotatable bonds is 7. The molecule has 3 rings (SSSR count). The van der Waals surface area contributed by atoms with Crippen molar-refractivity contribution < 1.29 is 9.59 Å². The molecule has 9 nitrogen and oxygen atoms in total. The van der Waals surface area contributed by atoms with Gasteiger partial charge in [-0.3, -0.25) is 9.80 Å². The number of hydrogen-bond acceptors (Lipinski definition) is 9. The van der Waals surface area contributed by atoms with Gasteiger partial charge in [-0.1, -0.05) is 0 Å². The predicted octanol–water partition coefficient (Wildman–Crippen LogP) is 0.920. The van der Waals surface area contributed by atoms with Gasteiger partial charge in [-0.15, -0.1) is 0 Å². The van der Waals surface area contributed by atoms with Gasteiger partial charge in [0.2, 0.25) is 0 Å². The number of hydrazine groups is 1. The van der Waals surface area contributed by atoms with E-state index >= 15 is 0 Å². The molecule has 1 fully saturated rings. The van der Waals surface area contributed by atoms with Crippen molar-refractivity contribution in [1.82, 2.24) is 14.3 Å². The van der Waals surface area contributed by atoms with Crippen molar-refractivity contribution in [3.8, 4) is 0 Å². The molecule has 0 spiro atoms. The molecular weight excluding hydrogens is 330 g/mol. The van der Waals surface area contributed by atoms with Crippen LogP contribution in [0.15, 0.2) is 12.3 Å². The monoisotopic (exact) mass is 347 g/mol. The summed E-state index contributed by atoms with van der Waals surface area (Å²) >= 11 is 1.28. The maximum absolute atomic E-state index is 11.6. The molecule has 126 valence electrons. The first-order chi connectivity index (χ1) is 11.5. The summed E-state index contributed by atoms with van der Waals surface area (Å²) < 4.78 is 4.38. The first-order valence-corrected chi connectivity index (χ1v) is 8.16. The molecule has 1 unspecified atom stereocenters. The van der Waals surface area contributed by atoms with Gasteiger partial charge in [-0.2, -0.15) is 4.37 Å². The molecule has 1 atom stereocenters. The quantitative estimate of drug-likeness (QED) is 0.381. The smallest absolute Gasteiger partial charge is 0.271 e. The Morgan fingerprint density at radius 2 is 2.29 bits per heavy atom. The van der Waals surface area contributed by atoms with Crippen LogP contribution < -0.4 is 21.9 Å². The Bertz CT molecular complexity index is 774. The van der Waals surface area contributed by atoms with Crippen LogP contribution in [-0.4, -0.2) is 32.6 Å². The number of amides is 1. The van der Waals surface area contributed by atoms with Crippen LogP contribution in [0.2, 0.25) is 0 Å². The van der Waals surface area contributed by atoms with Crippen molar-refractivity contribution in [2.45, 2.75) is 31.7 Å². The lowest BCUT2D eigenvalue weighted by molar-refractivity contribution is -0.108. The van der Waals surface area contributed by atoms with E-state index in [0.29, 0.717) is 12.2 Å². The number of nitrogens with one attached hydrogen (secondary N) is 1. The van der Waals surface area contributed by atoms with Crippen molar-refractivity contribution in [1.29, 1.82) is 0 Å². The van der Waals surface area contributed by atoms with Crippen LogP contribution in [0.25, 0.3) is 0 Å². The Hall–Kier alpha value is -2.59. The summed E-state index contributed by atoms with van der Waals surface area (Å²) in [6.07, 6.45) is 4.28. The molecule has 24 heavy (non-hydrogen) atoms. The lowest BCUT2D eigenvalue weighted by atomic mass is 10.3. The topological polar surface area (TPSA) is 140 Å². The zero-order chi connectivity index (χ0) is 17.3. The summed E-state index contributed by atoms with van der Waals surface area (Å²) in [4.78, 5) is 30.7. The van der Waals surface area contributed by atoms with Gasteiger partial charge in [-0.05, 0) is 37.4 Å².